The van der Waals surface area contributed by atoms with Gasteiger partial charge in [0, 0.05) is 31.6 Å². The van der Waals surface area contributed by atoms with Crippen LogP contribution in [0.4, 0.5) is 0 Å². The fourth-order valence-corrected chi connectivity index (χ4v) is 4.35. The molecular weight excluding hydrogens is 276 g/mol. The van der Waals surface area contributed by atoms with Crippen molar-refractivity contribution in [3.63, 3.8) is 0 Å². The van der Waals surface area contributed by atoms with Gasteiger partial charge in [0.25, 0.3) is 0 Å². The molecule has 1 aliphatic carbocycles. The minimum Gasteiger partial charge on any atom is -0.340 e. The highest BCUT2D eigenvalue weighted by Crippen LogP contribution is 2.27. The standard InChI is InChI=1S/C14H26N2O3S/c1-3-16(13-6-4-5-7-13)14(17)12-8-10-15(11-9-12)20(2,18)19/h12-13H,3-11H2,1-2H3. The van der Waals surface area contributed by atoms with Crippen LogP contribution >= 0.6 is 0 Å². The first kappa shape index (κ1) is 15.8. The lowest BCUT2D eigenvalue weighted by Crippen LogP contribution is -2.46. The molecule has 0 aromatic heterocycles. The third-order valence-corrected chi connectivity index (χ3v) is 5.96. The zero-order valence-corrected chi connectivity index (χ0v) is 13.4. The maximum absolute atomic E-state index is 12.6. The van der Waals surface area contributed by atoms with Crippen molar-refractivity contribution in [2.45, 2.75) is 51.5 Å². The zero-order valence-electron chi connectivity index (χ0n) is 12.5. The van der Waals surface area contributed by atoms with Gasteiger partial charge in [-0.2, -0.15) is 0 Å². The van der Waals surface area contributed by atoms with Gasteiger partial charge in [-0.25, -0.2) is 12.7 Å². The molecule has 2 rings (SSSR count). The molecule has 0 atom stereocenters. The summed E-state index contributed by atoms with van der Waals surface area (Å²) in [4.78, 5) is 14.7. The Balaban J connectivity index is 1.93. The third kappa shape index (κ3) is 3.52. The molecule has 0 N–H and O–H groups in total. The fraction of sp³-hybridized carbons (Fsp3) is 0.929. The first-order valence-corrected chi connectivity index (χ1v) is 9.54. The minimum absolute atomic E-state index is 0.00792. The highest BCUT2D eigenvalue weighted by molar-refractivity contribution is 7.88. The van der Waals surface area contributed by atoms with Gasteiger partial charge in [0.05, 0.1) is 6.26 Å². The Bertz CT molecular complexity index is 435. The van der Waals surface area contributed by atoms with Gasteiger partial charge in [-0.05, 0) is 32.6 Å². The summed E-state index contributed by atoms with van der Waals surface area (Å²) in [6.07, 6.45) is 7.27. The van der Waals surface area contributed by atoms with E-state index < -0.39 is 10.0 Å². The van der Waals surface area contributed by atoms with Crippen molar-refractivity contribution >= 4 is 15.9 Å². The van der Waals surface area contributed by atoms with Crippen LogP contribution in [-0.4, -0.2) is 55.5 Å². The molecule has 0 aromatic rings. The van der Waals surface area contributed by atoms with Crippen molar-refractivity contribution < 1.29 is 13.2 Å². The minimum atomic E-state index is -3.11. The molecule has 6 heteroatoms. The molecular formula is C14H26N2O3S. The molecule has 1 aliphatic heterocycles. The van der Waals surface area contributed by atoms with Gasteiger partial charge in [-0.1, -0.05) is 12.8 Å². The van der Waals surface area contributed by atoms with Gasteiger partial charge < -0.3 is 4.90 Å². The maximum atomic E-state index is 12.6. The average Bonchev–Trinajstić information content (AvgIpc) is 2.92. The molecule has 1 heterocycles. The van der Waals surface area contributed by atoms with Crippen molar-refractivity contribution in [1.29, 1.82) is 0 Å². The number of carbonyl (C=O) groups excluding carboxylic acids is 1. The van der Waals surface area contributed by atoms with E-state index in [0.29, 0.717) is 32.0 Å². The molecule has 0 unspecified atom stereocenters. The highest BCUT2D eigenvalue weighted by Gasteiger charge is 2.34. The van der Waals surface area contributed by atoms with E-state index in [9.17, 15) is 13.2 Å². The Morgan fingerprint density at radius 2 is 1.70 bits per heavy atom. The van der Waals surface area contributed by atoms with E-state index in [1.807, 2.05) is 11.8 Å². The summed E-state index contributed by atoms with van der Waals surface area (Å²) in [5.74, 6) is 0.251. The largest absolute Gasteiger partial charge is 0.340 e. The van der Waals surface area contributed by atoms with Crippen LogP contribution < -0.4 is 0 Å². The summed E-state index contributed by atoms with van der Waals surface area (Å²) in [7, 11) is -3.11. The molecule has 2 aliphatic rings. The second kappa shape index (κ2) is 6.43. The number of piperidine rings is 1. The molecule has 0 aromatic carbocycles. The van der Waals surface area contributed by atoms with Crippen LogP contribution in [0, 0.1) is 5.92 Å². The predicted molar refractivity (Wildman–Crippen MR) is 78.8 cm³/mol. The normalized spacial score (nSPS) is 23.1. The number of nitrogens with zero attached hydrogens (tertiary/aromatic N) is 2. The quantitative estimate of drug-likeness (QED) is 0.790. The van der Waals surface area contributed by atoms with E-state index in [1.165, 1.54) is 23.4 Å². The van der Waals surface area contributed by atoms with E-state index in [0.717, 1.165) is 19.4 Å². The van der Waals surface area contributed by atoms with Gasteiger partial charge in [0.15, 0.2) is 0 Å². The Morgan fingerprint density at radius 1 is 1.15 bits per heavy atom. The van der Waals surface area contributed by atoms with Crippen LogP contribution in [0.5, 0.6) is 0 Å². The van der Waals surface area contributed by atoms with Crippen molar-refractivity contribution in [3.05, 3.63) is 0 Å². The van der Waals surface area contributed by atoms with Crippen LogP contribution in [0.1, 0.15) is 45.4 Å². The van der Waals surface area contributed by atoms with Gasteiger partial charge in [-0.3, -0.25) is 4.79 Å². The Hall–Kier alpha value is -0.620. The lowest BCUT2D eigenvalue weighted by Gasteiger charge is -2.35. The smallest absolute Gasteiger partial charge is 0.226 e. The topological polar surface area (TPSA) is 57.7 Å². The molecule has 20 heavy (non-hydrogen) atoms. The molecule has 116 valence electrons. The number of rotatable bonds is 4. The van der Waals surface area contributed by atoms with E-state index in [4.69, 9.17) is 0 Å². The van der Waals surface area contributed by atoms with Crippen LogP contribution in [-0.2, 0) is 14.8 Å². The summed E-state index contributed by atoms with van der Waals surface area (Å²) in [6.45, 7) is 3.78. The van der Waals surface area contributed by atoms with Crippen molar-refractivity contribution in [1.82, 2.24) is 9.21 Å². The highest BCUT2D eigenvalue weighted by atomic mass is 32.2. The van der Waals surface area contributed by atoms with Gasteiger partial charge >= 0.3 is 0 Å². The van der Waals surface area contributed by atoms with Gasteiger partial charge in [0.2, 0.25) is 15.9 Å². The van der Waals surface area contributed by atoms with E-state index >= 15 is 0 Å². The SMILES string of the molecule is CCN(C(=O)C1CCN(S(C)(=O)=O)CC1)C1CCCC1. The molecule has 2 fully saturated rings. The summed E-state index contributed by atoms with van der Waals surface area (Å²) < 4.78 is 24.5. The summed E-state index contributed by atoms with van der Waals surface area (Å²) in [5.41, 5.74) is 0. The Morgan fingerprint density at radius 3 is 2.15 bits per heavy atom. The summed E-state index contributed by atoms with van der Waals surface area (Å²) in [5, 5.41) is 0. The second-order valence-electron chi connectivity index (χ2n) is 6.00. The third-order valence-electron chi connectivity index (χ3n) is 4.66. The first-order chi connectivity index (χ1) is 9.43. The van der Waals surface area contributed by atoms with Crippen molar-refractivity contribution in [2.75, 3.05) is 25.9 Å². The zero-order chi connectivity index (χ0) is 14.8. The van der Waals surface area contributed by atoms with Crippen LogP contribution in [0.25, 0.3) is 0 Å². The van der Waals surface area contributed by atoms with Crippen molar-refractivity contribution in [2.24, 2.45) is 5.92 Å². The number of hydrogen-bond donors (Lipinski definition) is 0. The van der Waals surface area contributed by atoms with Crippen molar-refractivity contribution in [3.8, 4) is 0 Å². The molecule has 5 nitrogen and oxygen atoms in total. The second-order valence-corrected chi connectivity index (χ2v) is 7.98. The number of hydrogen-bond acceptors (Lipinski definition) is 3. The molecule has 0 bridgehead atoms. The lowest BCUT2D eigenvalue weighted by molar-refractivity contribution is -0.138. The van der Waals surface area contributed by atoms with Gasteiger partial charge in [-0.15, -0.1) is 0 Å². The molecule has 0 radical (unpaired) electrons. The Kier molecular flexibility index (Phi) is 5.07. The van der Waals surface area contributed by atoms with E-state index in [1.54, 1.807) is 0 Å². The van der Waals surface area contributed by atoms with Crippen LogP contribution in [0.2, 0.25) is 0 Å². The predicted octanol–water partition coefficient (Wildman–Crippen LogP) is 1.45. The fourth-order valence-electron chi connectivity index (χ4n) is 3.48. The number of carbonyl (C=O) groups is 1. The van der Waals surface area contributed by atoms with E-state index in [-0.39, 0.29) is 11.8 Å². The monoisotopic (exact) mass is 302 g/mol. The Labute approximate surface area is 122 Å². The van der Waals surface area contributed by atoms with E-state index in [2.05, 4.69) is 0 Å². The molecule has 1 saturated carbocycles. The lowest BCUT2D eigenvalue weighted by atomic mass is 9.95. The first-order valence-electron chi connectivity index (χ1n) is 7.69. The number of amides is 1. The van der Waals surface area contributed by atoms with Crippen LogP contribution in [0.3, 0.4) is 0 Å². The molecule has 1 saturated heterocycles. The maximum Gasteiger partial charge on any atom is 0.226 e. The summed E-state index contributed by atoms with van der Waals surface area (Å²) >= 11 is 0. The number of sulfonamides is 1. The molecule has 1 amide bonds. The van der Waals surface area contributed by atoms with Crippen LogP contribution in [0.15, 0.2) is 0 Å². The summed E-state index contributed by atoms with van der Waals surface area (Å²) in [6, 6.07) is 0.417. The average molecular weight is 302 g/mol. The molecule has 0 spiro atoms. The van der Waals surface area contributed by atoms with Gasteiger partial charge in [0.1, 0.15) is 0 Å².